The fraction of sp³-hybridized carbons (Fsp3) is 1.00. The van der Waals surface area contributed by atoms with Crippen molar-refractivity contribution in [3.05, 3.63) is 0 Å². The lowest BCUT2D eigenvalue weighted by molar-refractivity contribution is 0.249. The molecule has 0 amide bonds. The van der Waals surface area contributed by atoms with E-state index in [4.69, 9.17) is 0 Å². The van der Waals surface area contributed by atoms with Gasteiger partial charge in [0, 0.05) is 0 Å². The highest BCUT2D eigenvalue weighted by Crippen LogP contribution is 2.57. The van der Waals surface area contributed by atoms with Gasteiger partial charge in [0.2, 0.25) is 0 Å². The lowest BCUT2D eigenvalue weighted by Crippen LogP contribution is -1.71. The Morgan fingerprint density at radius 2 is 1.50 bits per heavy atom. The number of hydrogen-bond acceptors (Lipinski definition) is 0. The van der Waals surface area contributed by atoms with E-state index >= 15 is 0 Å². The molecule has 6 heavy (non-hydrogen) atoms. The van der Waals surface area contributed by atoms with Crippen molar-refractivity contribution in [3.8, 4) is 0 Å². The second kappa shape index (κ2) is 3.28. The summed E-state index contributed by atoms with van der Waals surface area (Å²) in [6.07, 6.45) is -2.25. The maximum Gasteiger partial charge on any atom is 0.275 e. The maximum atomic E-state index is 11.1. The van der Waals surface area contributed by atoms with Gasteiger partial charge in [-0.05, 0) is 31.0 Å². The first kappa shape index (κ1) is 7.25. The van der Waals surface area contributed by atoms with Gasteiger partial charge in [-0.25, -0.2) is 8.78 Å². The summed E-state index contributed by atoms with van der Waals surface area (Å²) in [7, 11) is 0. The highest BCUT2D eigenvalue weighted by Gasteiger charge is 2.10. The summed E-state index contributed by atoms with van der Waals surface area (Å²) in [4.78, 5) is 0. The molecular formula is CHBr2F2P. The second-order valence-electron chi connectivity index (χ2n) is 0.537. The van der Waals surface area contributed by atoms with E-state index in [0.717, 1.165) is 0 Å². The molecule has 0 radical (unpaired) electrons. The van der Waals surface area contributed by atoms with Crippen LogP contribution in [0, 0.1) is 0 Å². The van der Waals surface area contributed by atoms with Crippen molar-refractivity contribution in [2.75, 3.05) is 0 Å². The molecule has 0 N–H and O–H groups in total. The van der Waals surface area contributed by atoms with Crippen LogP contribution in [0.15, 0.2) is 0 Å². The topological polar surface area (TPSA) is 0 Å². The number of halogens is 4. The van der Waals surface area contributed by atoms with E-state index in [1.807, 2.05) is 0 Å². The lowest BCUT2D eigenvalue weighted by atomic mass is 11.7. The predicted octanol–water partition coefficient (Wildman–Crippen LogP) is 3.31. The number of alkyl halides is 2. The Morgan fingerprint density at radius 1 is 1.33 bits per heavy atom. The highest BCUT2D eigenvalue weighted by atomic mass is 79.9. The Labute approximate surface area is 51.5 Å². The van der Waals surface area contributed by atoms with Gasteiger partial charge >= 0.3 is 0 Å². The van der Waals surface area contributed by atoms with Crippen molar-refractivity contribution in [2.45, 2.75) is 6.17 Å². The zero-order valence-electron chi connectivity index (χ0n) is 2.54. The SMILES string of the molecule is FC(F)P(Br)Br. The third-order valence-electron chi connectivity index (χ3n) is 0.148. The Bertz CT molecular complexity index is 32.5. The van der Waals surface area contributed by atoms with Gasteiger partial charge in [0.25, 0.3) is 6.17 Å². The molecule has 0 spiro atoms. The van der Waals surface area contributed by atoms with Crippen LogP contribution in [-0.4, -0.2) is 6.17 Å². The highest BCUT2D eigenvalue weighted by molar-refractivity contribution is 9.69. The van der Waals surface area contributed by atoms with Crippen molar-refractivity contribution in [3.63, 3.8) is 0 Å². The summed E-state index contributed by atoms with van der Waals surface area (Å²) in [6, 6.07) is 0. The van der Waals surface area contributed by atoms with Gasteiger partial charge in [-0.1, -0.05) is 0 Å². The van der Waals surface area contributed by atoms with Gasteiger partial charge in [-0.2, -0.15) is 0 Å². The maximum absolute atomic E-state index is 11.1. The summed E-state index contributed by atoms with van der Waals surface area (Å²) in [5, 5.41) is -1.37. The van der Waals surface area contributed by atoms with E-state index in [1.165, 1.54) is 0 Å². The van der Waals surface area contributed by atoms with Gasteiger partial charge in [-0.15, -0.1) is 0 Å². The van der Waals surface area contributed by atoms with Crippen molar-refractivity contribution in [1.82, 2.24) is 0 Å². The van der Waals surface area contributed by atoms with Crippen LogP contribution in [-0.2, 0) is 0 Å². The fourth-order valence-electron chi connectivity index (χ4n) is 0. The zero-order chi connectivity index (χ0) is 5.15. The molecule has 0 fully saturated rings. The van der Waals surface area contributed by atoms with E-state index in [-0.39, 0.29) is 0 Å². The molecule has 0 aliphatic heterocycles. The average Bonchev–Trinajstić information content (AvgIpc) is 1.36. The van der Waals surface area contributed by atoms with Crippen molar-refractivity contribution < 1.29 is 8.78 Å². The summed E-state index contributed by atoms with van der Waals surface area (Å²) in [5.41, 5.74) is 0. The Kier molecular flexibility index (Phi) is 3.96. The molecule has 0 aliphatic rings. The lowest BCUT2D eigenvalue weighted by Gasteiger charge is -1.92. The molecule has 0 saturated carbocycles. The third-order valence-corrected chi connectivity index (χ3v) is 2.30. The minimum absolute atomic E-state index is 1.37. The minimum atomic E-state index is -2.25. The molecule has 5 heteroatoms. The third kappa shape index (κ3) is 3.44. The summed E-state index contributed by atoms with van der Waals surface area (Å²) in [6.45, 7) is 0. The molecule has 0 aromatic rings. The van der Waals surface area contributed by atoms with Gasteiger partial charge in [0.05, 0.1) is 0 Å². The predicted molar refractivity (Wildman–Crippen MR) is 30.8 cm³/mol. The van der Waals surface area contributed by atoms with Crippen LogP contribution in [0.3, 0.4) is 0 Å². The second-order valence-corrected chi connectivity index (χ2v) is 8.89. The minimum Gasteiger partial charge on any atom is -0.204 e. The van der Waals surface area contributed by atoms with Crippen molar-refractivity contribution >= 4 is 36.3 Å². The standard InChI is InChI=1S/CHBr2F2P/c2-6(3)1(4)5/h1H. The molecule has 0 heterocycles. The van der Waals surface area contributed by atoms with Crippen LogP contribution in [0.1, 0.15) is 0 Å². The van der Waals surface area contributed by atoms with E-state index < -0.39 is 11.5 Å². The Balaban J connectivity index is 2.99. The van der Waals surface area contributed by atoms with Crippen molar-refractivity contribution in [2.24, 2.45) is 0 Å². The molecule has 38 valence electrons. The molecule has 0 aliphatic carbocycles. The van der Waals surface area contributed by atoms with Crippen LogP contribution in [0.4, 0.5) is 8.78 Å². The molecular weight excluding hydrogens is 241 g/mol. The van der Waals surface area contributed by atoms with Crippen LogP contribution >= 0.6 is 36.3 Å². The number of rotatable bonds is 1. The van der Waals surface area contributed by atoms with Gasteiger partial charge in [-0.3, -0.25) is 0 Å². The summed E-state index contributed by atoms with van der Waals surface area (Å²) in [5.74, 6) is 0. The van der Waals surface area contributed by atoms with Crippen LogP contribution < -0.4 is 0 Å². The van der Waals surface area contributed by atoms with Crippen LogP contribution in [0.2, 0.25) is 0 Å². The summed E-state index contributed by atoms with van der Waals surface area (Å²) >= 11 is 5.34. The largest absolute Gasteiger partial charge is 0.275 e. The van der Waals surface area contributed by atoms with Crippen LogP contribution in [0.5, 0.6) is 0 Å². The van der Waals surface area contributed by atoms with E-state index in [1.54, 1.807) is 0 Å². The first-order valence-electron chi connectivity index (χ1n) is 1.03. The van der Waals surface area contributed by atoms with E-state index in [0.29, 0.717) is 0 Å². The van der Waals surface area contributed by atoms with Crippen molar-refractivity contribution in [1.29, 1.82) is 0 Å². The average molecular weight is 242 g/mol. The van der Waals surface area contributed by atoms with Gasteiger partial charge in [0.15, 0.2) is 0 Å². The zero-order valence-corrected chi connectivity index (χ0v) is 6.60. The van der Waals surface area contributed by atoms with Crippen LogP contribution in [0.25, 0.3) is 0 Å². The molecule has 0 bridgehead atoms. The molecule has 0 nitrogen and oxygen atoms in total. The summed E-state index contributed by atoms with van der Waals surface area (Å²) < 4.78 is 22.2. The smallest absolute Gasteiger partial charge is 0.204 e. The molecule has 0 unspecified atom stereocenters. The fourth-order valence-corrected chi connectivity index (χ4v) is 0. The molecule has 0 aromatic heterocycles. The Morgan fingerprint density at radius 3 is 1.50 bits per heavy atom. The molecule has 0 rings (SSSR count). The van der Waals surface area contributed by atoms with Gasteiger partial charge < -0.3 is 0 Å². The van der Waals surface area contributed by atoms with E-state index in [9.17, 15) is 8.78 Å². The normalized spacial score (nSPS) is 11.0. The van der Waals surface area contributed by atoms with E-state index in [2.05, 4.69) is 31.0 Å². The molecule has 0 saturated heterocycles. The molecule has 0 atom stereocenters. The first-order valence-corrected chi connectivity index (χ1v) is 6.48. The first-order chi connectivity index (χ1) is 2.64. The monoisotopic (exact) mass is 240 g/mol. The number of hydrogen-bond donors (Lipinski definition) is 0. The van der Waals surface area contributed by atoms with Gasteiger partial charge in [0.1, 0.15) is 5.33 Å². The Hall–Kier alpha value is 1.25. The quantitative estimate of drug-likeness (QED) is 0.618. The molecule has 0 aromatic carbocycles.